The predicted octanol–water partition coefficient (Wildman–Crippen LogP) is 3.59. The first-order valence-corrected chi connectivity index (χ1v) is 5.18. The van der Waals surface area contributed by atoms with E-state index in [0.717, 1.165) is 4.47 Å². The molecule has 1 nitrogen and oxygen atoms in total. The highest BCUT2D eigenvalue weighted by Gasteiger charge is 2.11. The van der Waals surface area contributed by atoms with Crippen LogP contribution in [0.1, 0.15) is 24.5 Å². The van der Waals surface area contributed by atoms with Gasteiger partial charge in [-0.15, -0.1) is 6.58 Å². The normalized spacial score (nSPS) is 12.5. The zero-order valence-corrected chi connectivity index (χ0v) is 9.30. The van der Waals surface area contributed by atoms with Gasteiger partial charge >= 0.3 is 0 Å². The van der Waals surface area contributed by atoms with Crippen molar-refractivity contribution in [3.05, 3.63) is 46.7 Å². The topological polar surface area (TPSA) is 20.2 Å². The number of aliphatic hydroxyl groups is 1. The van der Waals surface area contributed by atoms with Crippen molar-refractivity contribution < 1.29 is 9.50 Å². The number of halogens is 2. The van der Waals surface area contributed by atoms with Gasteiger partial charge in [-0.2, -0.15) is 0 Å². The molecule has 0 saturated carbocycles. The maximum absolute atomic E-state index is 13.2. The van der Waals surface area contributed by atoms with Crippen molar-refractivity contribution >= 4 is 15.9 Å². The molecule has 1 aromatic carbocycles. The zero-order chi connectivity index (χ0) is 10.6. The molecule has 76 valence electrons. The molecule has 3 heteroatoms. The van der Waals surface area contributed by atoms with E-state index in [1.165, 1.54) is 6.07 Å². The fourth-order valence-electron chi connectivity index (χ4n) is 1.20. The molecule has 0 aliphatic heterocycles. The van der Waals surface area contributed by atoms with Crippen LogP contribution in [0.2, 0.25) is 0 Å². The van der Waals surface area contributed by atoms with E-state index in [-0.39, 0.29) is 5.82 Å². The molecule has 0 amide bonds. The van der Waals surface area contributed by atoms with Gasteiger partial charge < -0.3 is 5.11 Å². The van der Waals surface area contributed by atoms with E-state index in [2.05, 4.69) is 22.5 Å². The molecule has 0 radical (unpaired) electrons. The molecule has 0 aliphatic carbocycles. The Hall–Kier alpha value is -0.670. The minimum atomic E-state index is -0.759. The summed E-state index contributed by atoms with van der Waals surface area (Å²) in [7, 11) is 0. The Balaban J connectivity index is 2.82. The van der Waals surface area contributed by atoms with Crippen molar-refractivity contribution in [3.8, 4) is 0 Å². The largest absolute Gasteiger partial charge is 0.388 e. The SMILES string of the molecule is C=CCCC(O)c1cc(Br)ccc1F. The number of rotatable bonds is 4. The summed E-state index contributed by atoms with van der Waals surface area (Å²) in [5.41, 5.74) is 0.334. The minimum Gasteiger partial charge on any atom is -0.388 e. The maximum atomic E-state index is 13.2. The number of hydrogen-bond donors (Lipinski definition) is 1. The zero-order valence-electron chi connectivity index (χ0n) is 7.71. The molecule has 0 spiro atoms. The molecule has 0 bridgehead atoms. The molecule has 1 rings (SSSR count). The number of allylic oxidation sites excluding steroid dienone is 1. The summed E-state index contributed by atoms with van der Waals surface area (Å²) in [6, 6.07) is 4.55. The van der Waals surface area contributed by atoms with Crippen LogP contribution in [0.5, 0.6) is 0 Å². The molecule has 1 atom stereocenters. The Labute approximate surface area is 91.4 Å². The van der Waals surface area contributed by atoms with E-state index >= 15 is 0 Å². The molecule has 1 unspecified atom stereocenters. The lowest BCUT2D eigenvalue weighted by Gasteiger charge is -2.10. The highest BCUT2D eigenvalue weighted by molar-refractivity contribution is 9.10. The lowest BCUT2D eigenvalue weighted by Crippen LogP contribution is -2.00. The van der Waals surface area contributed by atoms with Gasteiger partial charge in [0, 0.05) is 10.0 Å². The summed E-state index contributed by atoms with van der Waals surface area (Å²) in [6.45, 7) is 3.55. The quantitative estimate of drug-likeness (QED) is 0.819. The van der Waals surface area contributed by atoms with Crippen LogP contribution in [0.4, 0.5) is 4.39 Å². The average molecular weight is 259 g/mol. The predicted molar refractivity (Wildman–Crippen MR) is 58.5 cm³/mol. The number of benzene rings is 1. The first kappa shape index (κ1) is 11.4. The third kappa shape index (κ3) is 2.93. The molecule has 0 aromatic heterocycles. The van der Waals surface area contributed by atoms with E-state index in [9.17, 15) is 9.50 Å². The van der Waals surface area contributed by atoms with Crippen molar-refractivity contribution in [3.63, 3.8) is 0 Å². The van der Waals surface area contributed by atoms with Crippen molar-refractivity contribution in [1.82, 2.24) is 0 Å². The van der Waals surface area contributed by atoms with Gasteiger partial charge in [0.15, 0.2) is 0 Å². The van der Waals surface area contributed by atoms with Crippen LogP contribution in [0.3, 0.4) is 0 Å². The number of aliphatic hydroxyl groups excluding tert-OH is 1. The molecule has 14 heavy (non-hydrogen) atoms. The summed E-state index contributed by atoms with van der Waals surface area (Å²) in [5, 5.41) is 9.65. The van der Waals surface area contributed by atoms with Crippen LogP contribution < -0.4 is 0 Å². The van der Waals surface area contributed by atoms with Crippen molar-refractivity contribution in [1.29, 1.82) is 0 Å². The highest BCUT2D eigenvalue weighted by atomic mass is 79.9. The van der Waals surface area contributed by atoms with E-state index in [1.807, 2.05) is 0 Å². The highest BCUT2D eigenvalue weighted by Crippen LogP contribution is 2.24. The van der Waals surface area contributed by atoms with Crippen molar-refractivity contribution in [2.45, 2.75) is 18.9 Å². The summed E-state index contributed by atoms with van der Waals surface area (Å²) in [5.74, 6) is -0.371. The third-order valence-electron chi connectivity index (χ3n) is 1.96. The first-order chi connectivity index (χ1) is 6.65. The summed E-state index contributed by atoms with van der Waals surface area (Å²) in [6.07, 6.45) is 2.12. The van der Waals surface area contributed by atoms with Crippen LogP contribution in [0.15, 0.2) is 35.3 Å². The second kappa shape index (κ2) is 5.27. The van der Waals surface area contributed by atoms with Gasteiger partial charge in [0.25, 0.3) is 0 Å². The lowest BCUT2D eigenvalue weighted by atomic mass is 10.0. The third-order valence-corrected chi connectivity index (χ3v) is 2.45. The fraction of sp³-hybridized carbons (Fsp3) is 0.273. The molecule has 0 fully saturated rings. The van der Waals surface area contributed by atoms with Gasteiger partial charge in [0.2, 0.25) is 0 Å². The Morgan fingerprint density at radius 3 is 2.93 bits per heavy atom. The van der Waals surface area contributed by atoms with Crippen LogP contribution in [0, 0.1) is 5.82 Å². The van der Waals surface area contributed by atoms with Gasteiger partial charge in [0.1, 0.15) is 5.82 Å². The summed E-state index contributed by atoms with van der Waals surface area (Å²) >= 11 is 3.23. The van der Waals surface area contributed by atoms with Crippen molar-refractivity contribution in [2.75, 3.05) is 0 Å². The maximum Gasteiger partial charge on any atom is 0.129 e. The van der Waals surface area contributed by atoms with Crippen LogP contribution >= 0.6 is 15.9 Å². The molecule has 1 N–H and O–H groups in total. The van der Waals surface area contributed by atoms with Crippen LogP contribution in [-0.4, -0.2) is 5.11 Å². The summed E-state index contributed by atoms with van der Waals surface area (Å²) < 4.78 is 14.0. The Morgan fingerprint density at radius 2 is 2.29 bits per heavy atom. The summed E-state index contributed by atoms with van der Waals surface area (Å²) in [4.78, 5) is 0. The monoisotopic (exact) mass is 258 g/mol. The van der Waals surface area contributed by atoms with Gasteiger partial charge in [-0.25, -0.2) is 4.39 Å². The average Bonchev–Trinajstić information content (AvgIpc) is 2.18. The molecule has 1 aromatic rings. The standard InChI is InChI=1S/C11H12BrFO/c1-2-3-4-11(14)9-7-8(12)5-6-10(9)13/h2,5-7,11,14H,1,3-4H2. The van der Waals surface area contributed by atoms with Crippen molar-refractivity contribution in [2.24, 2.45) is 0 Å². The molecular weight excluding hydrogens is 247 g/mol. The molecule has 0 aliphatic rings. The van der Waals surface area contributed by atoms with Crippen LogP contribution in [-0.2, 0) is 0 Å². The van der Waals surface area contributed by atoms with E-state index in [4.69, 9.17) is 0 Å². The second-order valence-electron chi connectivity index (χ2n) is 3.05. The molecule has 0 saturated heterocycles. The van der Waals surface area contributed by atoms with Gasteiger partial charge in [0.05, 0.1) is 6.10 Å². The lowest BCUT2D eigenvalue weighted by molar-refractivity contribution is 0.164. The van der Waals surface area contributed by atoms with Gasteiger partial charge in [-0.05, 0) is 31.0 Å². The van der Waals surface area contributed by atoms with Gasteiger partial charge in [-0.3, -0.25) is 0 Å². The van der Waals surface area contributed by atoms with E-state index in [0.29, 0.717) is 18.4 Å². The van der Waals surface area contributed by atoms with E-state index in [1.54, 1.807) is 18.2 Å². The van der Waals surface area contributed by atoms with Crippen LogP contribution in [0.25, 0.3) is 0 Å². The molecular formula is C11H12BrFO. The minimum absolute atomic E-state index is 0.334. The Bertz CT molecular complexity index is 325. The number of hydrogen-bond acceptors (Lipinski definition) is 1. The Kier molecular flexibility index (Phi) is 4.29. The van der Waals surface area contributed by atoms with Gasteiger partial charge in [-0.1, -0.05) is 22.0 Å². The molecule has 0 heterocycles. The smallest absolute Gasteiger partial charge is 0.129 e. The fourth-order valence-corrected chi connectivity index (χ4v) is 1.58. The first-order valence-electron chi connectivity index (χ1n) is 4.39. The van der Waals surface area contributed by atoms with E-state index < -0.39 is 6.10 Å². The second-order valence-corrected chi connectivity index (χ2v) is 3.96. The Morgan fingerprint density at radius 1 is 1.57 bits per heavy atom.